The fourth-order valence-electron chi connectivity index (χ4n) is 2.78. The Labute approximate surface area is 236 Å². The summed E-state index contributed by atoms with van der Waals surface area (Å²) in [5.41, 5.74) is 0. The highest BCUT2D eigenvalue weighted by molar-refractivity contribution is 6.44. The molecule has 2 nitrogen and oxygen atoms in total. The lowest BCUT2D eigenvalue weighted by molar-refractivity contribution is -0.140. The molecule has 186 valence electrons. The summed E-state index contributed by atoms with van der Waals surface area (Å²) >= 11 is 62.6. The zero-order chi connectivity index (χ0) is 24.1. The number of rotatable bonds is 17. The lowest BCUT2D eigenvalue weighted by atomic mass is 10.0. The normalized spacial score (nSPS) is 20.7. The minimum absolute atomic E-state index is 0.384. The highest BCUT2D eigenvalue weighted by Crippen LogP contribution is 2.36. The Hall–Kier alpha value is 2.37. The van der Waals surface area contributed by atoms with Crippen molar-refractivity contribution in [2.75, 3.05) is 13.0 Å². The summed E-state index contributed by atoms with van der Waals surface area (Å²) in [6, 6.07) is 0. The van der Waals surface area contributed by atoms with Crippen molar-refractivity contribution >= 4 is 122 Å². The number of carbonyl (C=O) groups is 1. The van der Waals surface area contributed by atoms with Crippen LogP contribution in [-0.2, 0) is 9.53 Å². The number of alkyl halides is 10. The zero-order valence-corrected chi connectivity index (χ0v) is 24.5. The maximum Gasteiger partial charge on any atom is 0.325 e. The first-order valence-electron chi connectivity index (χ1n) is 9.91. The van der Waals surface area contributed by atoms with Crippen LogP contribution in [0.25, 0.3) is 0 Å². The number of methoxy groups -OCH3 is 1. The molecule has 0 amide bonds. The molecule has 0 aliphatic carbocycles. The van der Waals surface area contributed by atoms with Crippen molar-refractivity contribution in [2.24, 2.45) is 0 Å². The van der Waals surface area contributed by atoms with Gasteiger partial charge < -0.3 is 4.74 Å². The number of esters is 1. The highest BCUT2D eigenvalue weighted by atomic mass is 35.5. The first-order chi connectivity index (χ1) is 14.5. The molecule has 0 saturated carbocycles. The van der Waals surface area contributed by atoms with Gasteiger partial charge in [-0.3, -0.25) is 4.79 Å². The van der Waals surface area contributed by atoms with Crippen LogP contribution in [0, 0.1) is 0 Å². The average Bonchev–Trinajstić information content (AvgIpc) is 2.78. The Bertz CT molecular complexity index is 487. The van der Waals surface area contributed by atoms with E-state index in [1.165, 1.54) is 7.11 Å². The molecule has 0 spiro atoms. The molecule has 0 rings (SSSR count). The van der Waals surface area contributed by atoms with Crippen LogP contribution in [0.5, 0.6) is 0 Å². The Kier molecular flexibility index (Phi) is 20.0. The van der Waals surface area contributed by atoms with Crippen LogP contribution in [-0.4, -0.2) is 67.4 Å². The van der Waals surface area contributed by atoms with Crippen molar-refractivity contribution in [3.05, 3.63) is 0 Å². The predicted octanol–water partition coefficient (Wildman–Crippen LogP) is 8.60. The zero-order valence-electron chi connectivity index (χ0n) is 16.9. The average molecular weight is 643 g/mol. The van der Waals surface area contributed by atoms with Crippen molar-refractivity contribution in [1.82, 2.24) is 0 Å². The van der Waals surface area contributed by atoms with Crippen molar-refractivity contribution in [3.8, 4) is 0 Å². The molecule has 0 N–H and O–H groups in total. The minimum atomic E-state index is -1.21. The lowest BCUT2D eigenvalue weighted by Crippen LogP contribution is -2.46. The topological polar surface area (TPSA) is 26.3 Å². The number of ether oxygens (including phenoxy) is 1. The number of unbranched alkanes of at least 4 members (excludes halogenated alkanes) is 5. The number of carbonyl (C=O) groups excluding carboxylic acids is 1. The maximum absolute atomic E-state index is 11.6. The van der Waals surface area contributed by atoms with Gasteiger partial charge in [-0.15, -0.1) is 116 Å². The van der Waals surface area contributed by atoms with E-state index >= 15 is 0 Å². The van der Waals surface area contributed by atoms with Gasteiger partial charge in [-0.25, -0.2) is 0 Å². The van der Waals surface area contributed by atoms with Crippen molar-refractivity contribution in [3.63, 3.8) is 0 Å². The van der Waals surface area contributed by atoms with Gasteiger partial charge in [-0.05, 0) is 12.8 Å². The second kappa shape index (κ2) is 18.6. The minimum Gasteiger partial charge on any atom is -0.468 e. The molecule has 0 heterocycles. The monoisotopic (exact) mass is 638 g/mol. The van der Waals surface area contributed by atoms with E-state index in [-0.39, 0.29) is 5.38 Å². The molecule has 0 aromatic heterocycles. The number of hydrogen-bond acceptors (Lipinski definition) is 2. The van der Waals surface area contributed by atoms with E-state index in [0.29, 0.717) is 12.3 Å². The summed E-state index contributed by atoms with van der Waals surface area (Å²) in [6.07, 6.45) is 7.13. The molecule has 12 heteroatoms. The molecule has 0 radical (unpaired) electrons. The predicted molar refractivity (Wildman–Crippen MR) is 142 cm³/mol. The quantitative estimate of drug-likeness (QED) is 0.0903. The van der Waals surface area contributed by atoms with Crippen molar-refractivity contribution in [2.45, 2.75) is 93.3 Å². The summed E-state index contributed by atoms with van der Waals surface area (Å²) in [5.74, 6) is -0.0304. The van der Waals surface area contributed by atoms with Gasteiger partial charge in [0.1, 0.15) is 5.38 Å². The first-order valence-corrected chi connectivity index (χ1v) is 14.4. The summed E-state index contributed by atoms with van der Waals surface area (Å²) in [4.78, 5) is 11.6. The second-order valence-electron chi connectivity index (χ2n) is 7.15. The molecule has 9 atom stereocenters. The smallest absolute Gasteiger partial charge is 0.325 e. The van der Waals surface area contributed by atoms with Crippen LogP contribution in [0.15, 0.2) is 0 Å². The standard InChI is InChI=1S/C19H28Cl10O2/c1-31-19(30)18(29)17(28)16(27)15(26)14(25)13(24)12(23)11(22)10(21)8-6-4-2-3-5-7-9-20/h10-18H,2-9H2,1H3. The lowest BCUT2D eigenvalue weighted by Gasteiger charge is -2.32. The summed E-state index contributed by atoms with van der Waals surface area (Å²) in [6.45, 7) is 0. The van der Waals surface area contributed by atoms with Crippen LogP contribution in [0.4, 0.5) is 0 Å². The van der Waals surface area contributed by atoms with Crippen LogP contribution in [0.2, 0.25) is 0 Å². The van der Waals surface area contributed by atoms with Gasteiger partial charge in [0, 0.05) is 5.88 Å². The molecule has 0 fully saturated rings. The Balaban J connectivity index is 4.63. The molecule has 0 aromatic rings. The van der Waals surface area contributed by atoms with Gasteiger partial charge in [0.15, 0.2) is 0 Å². The number of hydrogen-bond donors (Lipinski definition) is 0. The van der Waals surface area contributed by atoms with E-state index in [9.17, 15) is 4.79 Å². The molecule has 31 heavy (non-hydrogen) atoms. The van der Waals surface area contributed by atoms with E-state index in [1.807, 2.05) is 0 Å². The molecule has 0 aromatic carbocycles. The van der Waals surface area contributed by atoms with E-state index in [2.05, 4.69) is 4.74 Å². The largest absolute Gasteiger partial charge is 0.468 e. The van der Waals surface area contributed by atoms with Gasteiger partial charge in [0.25, 0.3) is 0 Å². The summed E-state index contributed by atoms with van der Waals surface area (Å²) in [7, 11) is 1.19. The molecule has 9 unspecified atom stereocenters. The Morgan fingerprint density at radius 1 is 0.613 bits per heavy atom. The molecule has 0 bridgehead atoms. The van der Waals surface area contributed by atoms with Gasteiger partial charge in [0.2, 0.25) is 0 Å². The van der Waals surface area contributed by atoms with Gasteiger partial charge in [-0.2, -0.15) is 0 Å². The Morgan fingerprint density at radius 3 is 1.45 bits per heavy atom. The summed E-state index contributed by atoms with van der Waals surface area (Å²) in [5, 5.41) is -7.76. The fraction of sp³-hybridized carbons (Fsp3) is 0.947. The molecule has 0 aliphatic rings. The van der Waals surface area contributed by atoms with Crippen molar-refractivity contribution < 1.29 is 9.53 Å². The molecular weight excluding hydrogens is 615 g/mol. The third-order valence-corrected chi connectivity index (χ3v) is 10.8. The van der Waals surface area contributed by atoms with Crippen LogP contribution in [0.3, 0.4) is 0 Å². The van der Waals surface area contributed by atoms with E-state index < -0.39 is 49.0 Å². The van der Waals surface area contributed by atoms with Gasteiger partial charge >= 0.3 is 5.97 Å². The highest BCUT2D eigenvalue weighted by Gasteiger charge is 2.43. The first kappa shape index (κ1) is 33.4. The molecular formula is C19H28Cl10O2. The third kappa shape index (κ3) is 12.2. The van der Waals surface area contributed by atoms with E-state index in [0.717, 1.165) is 38.5 Å². The molecule has 0 saturated heterocycles. The Morgan fingerprint density at radius 2 is 1.00 bits per heavy atom. The summed E-state index contributed by atoms with van der Waals surface area (Å²) < 4.78 is 4.56. The van der Waals surface area contributed by atoms with Crippen LogP contribution >= 0.6 is 116 Å². The number of halogens is 10. The van der Waals surface area contributed by atoms with E-state index in [1.54, 1.807) is 0 Å². The van der Waals surface area contributed by atoms with Crippen LogP contribution in [0.1, 0.15) is 44.9 Å². The maximum atomic E-state index is 11.6. The SMILES string of the molecule is COC(=O)C(Cl)C(Cl)C(Cl)C(Cl)C(Cl)C(Cl)C(Cl)C(Cl)C(Cl)CCCCCCCCCl. The van der Waals surface area contributed by atoms with Gasteiger partial charge in [-0.1, -0.05) is 32.1 Å². The van der Waals surface area contributed by atoms with Crippen LogP contribution < -0.4 is 0 Å². The molecule has 0 aliphatic heterocycles. The van der Waals surface area contributed by atoms with Gasteiger partial charge in [0.05, 0.1) is 50.1 Å². The third-order valence-electron chi connectivity index (χ3n) is 4.74. The van der Waals surface area contributed by atoms with E-state index in [4.69, 9.17) is 116 Å². The second-order valence-corrected chi connectivity index (χ2v) is 12.1. The van der Waals surface area contributed by atoms with Crippen molar-refractivity contribution in [1.29, 1.82) is 0 Å². The fourth-order valence-corrected chi connectivity index (χ4v) is 6.17.